The molecule has 0 saturated carbocycles. The van der Waals surface area contributed by atoms with E-state index in [0.29, 0.717) is 6.54 Å². The summed E-state index contributed by atoms with van der Waals surface area (Å²) in [5.41, 5.74) is 7.66. The maximum atomic E-state index is 9.03. The summed E-state index contributed by atoms with van der Waals surface area (Å²) < 4.78 is 0. The molecule has 4 nitrogen and oxygen atoms in total. The molecule has 1 atom stereocenters. The van der Waals surface area contributed by atoms with Crippen LogP contribution in [-0.4, -0.2) is 34.7 Å². The third kappa shape index (κ3) is 3.27. The van der Waals surface area contributed by atoms with Crippen LogP contribution in [0.15, 0.2) is 18.3 Å². The van der Waals surface area contributed by atoms with Gasteiger partial charge in [-0.05, 0) is 25.6 Å². The third-order valence-corrected chi connectivity index (χ3v) is 2.61. The fraction of sp³-hybridized carbons (Fsp3) is 0.545. The van der Waals surface area contributed by atoms with E-state index in [9.17, 15) is 0 Å². The van der Waals surface area contributed by atoms with Crippen LogP contribution in [0.2, 0.25) is 0 Å². The van der Waals surface area contributed by atoms with E-state index in [2.05, 4.69) is 9.88 Å². The van der Waals surface area contributed by atoms with E-state index >= 15 is 0 Å². The van der Waals surface area contributed by atoms with Crippen molar-refractivity contribution in [2.24, 2.45) is 5.73 Å². The van der Waals surface area contributed by atoms with Gasteiger partial charge in [0.05, 0.1) is 12.3 Å². The van der Waals surface area contributed by atoms with E-state index in [4.69, 9.17) is 10.8 Å². The number of nitrogens with two attached hydrogens (primary N) is 1. The van der Waals surface area contributed by atoms with Gasteiger partial charge in [-0.1, -0.05) is 6.07 Å². The topological polar surface area (TPSA) is 62.4 Å². The Hall–Kier alpha value is -0.970. The summed E-state index contributed by atoms with van der Waals surface area (Å²) in [6.07, 6.45) is 1.75. The van der Waals surface area contributed by atoms with Crippen molar-refractivity contribution in [2.75, 3.05) is 13.7 Å². The Morgan fingerprint density at radius 2 is 2.33 bits per heavy atom. The Morgan fingerprint density at radius 3 is 2.93 bits per heavy atom. The Morgan fingerprint density at radius 1 is 1.60 bits per heavy atom. The summed E-state index contributed by atoms with van der Waals surface area (Å²) in [7, 11) is 1.98. The van der Waals surface area contributed by atoms with Crippen molar-refractivity contribution in [1.82, 2.24) is 9.88 Å². The minimum atomic E-state index is 0.149. The average Bonchev–Trinajstić information content (AvgIpc) is 2.28. The molecule has 0 aliphatic carbocycles. The van der Waals surface area contributed by atoms with Gasteiger partial charge in [0.1, 0.15) is 0 Å². The largest absolute Gasteiger partial charge is 0.395 e. The lowest BCUT2D eigenvalue weighted by atomic mass is 10.1. The number of hydrogen-bond acceptors (Lipinski definition) is 4. The zero-order chi connectivity index (χ0) is 11.3. The lowest BCUT2D eigenvalue weighted by Crippen LogP contribution is -2.31. The first-order valence-electron chi connectivity index (χ1n) is 5.13. The first kappa shape index (κ1) is 12.1. The SMILES string of the molecule is CC(CO)N(C)Cc1cccnc1CN. The van der Waals surface area contributed by atoms with Gasteiger partial charge in [-0.2, -0.15) is 0 Å². The molecule has 0 amide bonds. The van der Waals surface area contributed by atoms with Gasteiger partial charge < -0.3 is 10.8 Å². The molecule has 0 aromatic carbocycles. The Labute approximate surface area is 90.7 Å². The zero-order valence-corrected chi connectivity index (χ0v) is 9.35. The molecular weight excluding hydrogens is 190 g/mol. The lowest BCUT2D eigenvalue weighted by Gasteiger charge is -2.23. The second-order valence-corrected chi connectivity index (χ2v) is 3.76. The predicted molar refractivity (Wildman–Crippen MR) is 60.1 cm³/mol. The fourth-order valence-corrected chi connectivity index (χ4v) is 1.36. The fourth-order valence-electron chi connectivity index (χ4n) is 1.36. The monoisotopic (exact) mass is 209 g/mol. The van der Waals surface area contributed by atoms with Gasteiger partial charge in [0, 0.05) is 25.3 Å². The molecule has 84 valence electrons. The van der Waals surface area contributed by atoms with Crippen LogP contribution >= 0.6 is 0 Å². The first-order chi connectivity index (χ1) is 7.19. The molecule has 0 bridgehead atoms. The number of hydrogen-bond donors (Lipinski definition) is 2. The molecule has 15 heavy (non-hydrogen) atoms. The molecule has 1 unspecified atom stereocenters. The van der Waals surface area contributed by atoms with Crippen molar-refractivity contribution in [3.05, 3.63) is 29.6 Å². The van der Waals surface area contributed by atoms with Gasteiger partial charge in [0.25, 0.3) is 0 Å². The molecule has 0 aliphatic rings. The first-order valence-corrected chi connectivity index (χ1v) is 5.13. The third-order valence-electron chi connectivity index (χ3n) is 2.61. The van der Waals surface area contributed by atoms with Crippen molar-refractivity contribution in [3.8, 4) is 0 Å². The van der Waals surface area contributed by atoms with Crippen molar-refractivity contribution in [3.63, 3.8) is 0 Å². The minimum absolute atomic E-state index is 0.149. The number of aromatic nitrogens is 1. The average molecular weight is 209 g/mol. The summed E-state index contributed by atoms with van der Waals surface area (Å²) >= 11 is 0. The molecule has 1 rings (SSSR count). The summed E-state index contributed by atoms with van der Waals surface area (Å²) in [4.78, 5) is 6.30. The minimum Gasteiger partial charge on any atom is -0.395 e. The lowest BCUT2D eigenvalue weighted by molar-refractivity contribution is 0.153. The molecule has 0 saturated heterocycles. The van der Waals surface area contributed by atoms with Crippen LogP contribution in [0.3, 0.4) is 0 Å². The Balaban J connectivity index is 2.71. The van der Waals surface area contributed by atoms with Gasteiger partial charge in [-0.3, -0.25) is 9.88 Å². The number of likely N-dealkylation sites (N-methyl/N-ethyl adjacent to an activating group) is 1. The van der Waals surface area contributed by atoms with Crippen LogP contribution in [0.5, 0.6) is 0 Å². The predicted octanol–water partition coefficient (Wildman–Crippen LogP) is 0.353. The smallest absolute Gasteiger partial charge is 0.0584 e. The maximum Gasteiger partial charge on any atom is 0.0584 e. The second-order valence-electron chi connectivity index (χ2n) is 3.76. The van der Waals surface area contributed by atoms with E-state index in [0.717, 1.165) is 17.8 Å². The molecule has 0 fully saturated rings. The van der Waals surface area contributed by atoms with Gasteiger partial charge in [0.2, 0.25) is 0 Å². The van der Waals surface area contributed by atoms with Gasteiger partial charge in [-0.25, -0.2) is 0 Å². The van der Waals surface area contributed by atoms with Gasteiger partial charge >= 0.3 is 0 Å². The molecule has 1 aromatic rings. The quantitative estimate of drug-likeness (QED) is 0.734. The highest BCUT2D eigenvalue weighted by Gasteiger charge is 2.10. The number of rotatable bonds is 5. The summed E-state index contributed by atoms with van der Waals surface area (Å²) in [5, 5.41) is 9.03. The molecular formula is C11H19N3O. The second kappa shape index (κ2) is 5.80. The summed E-state index contributed by atoms with van der Waals surface area (Å²) in [6, 6.07) is 4.08. The standard InChI is InChI=1S/C11H19N3O/c1-9(8-15)14(2)7-10-4-3-5-13-11(10)6-12/h3-5,9,15H,6-8,12H2,1-2H3. The number of pyridine rings is 1. The van der Waals surface area contributed by atoms with Crippen LogP contribution in [0.25, 0.3) is 0 Å². The number of aliphatic hydroxyl groups excluding tert-OH is 1. The van der Waals surface area contributed by atoms with Crippen molar-refractivity contribution < 1.29 is 5.11 Å². The van der Waals surface area contributed by atoms with Crippen molar-refractivity contribution in [2.45, 2.75) is 26.1 Å². The van der Waals surface area contributed by atoms with Crippen LogP contribution in [0, 0.1) is 0 Å². The highest BCUT2D eigenvalue weighted by molar-refractivity contribution is 5.19. The summed E-state index contributed by atoms with van der Waals surface area (Å²) in [6.45, 7) is 3.37. The molecule has 3 N–H and O–H groups in total. The summed E-state index contributed by atoms with van der Waals surface area (Å²) in [5.74, 6) is 0. The molecule has 0 spiro atoms. The van der Waals surface area contributed by atoms with Crippen LogP contribution in [0.4, 0.5) is 0 Å². The number of aliphatic hydroxyl groups is 1. The van der Waals surface area contributed by atoms with E-state index in [1.807, 2.05) is 26.1 Å². The van der Waals surface area contributed by atoms with Crippen molar-refractivity contribution in [1.29, 1.82) is 0 Å². The maximum absolute atomic E-state index is 9.03. The zero-order valence-electron chi connectivity index (χ0n) is 9.35. The highest BCUT2D eigenvalue weighted by Crippen LogP contribution is 2.09. The molecule has 0 aliphatic heterocycles. The van der Waals surface area contributed by atoms with E-state index in [-0.39, 0.29) is 12.6 Å². The molecule has 1 heterocycles. The van der Waals surface area contributed by atoms with Crippen LogP contribution < -0.4 is 5.73 Å². The van der Waals surface area contributed by atoms with E-state index < -0.39 is 0 Å². The molecule has 0 radical (unpaired) electrons. The van der Waals surface area contributed by atoms with Crippen LogP contribution in [-0.2, 0) is 13.1 Å². The van der Waals surface area contributed by atoms with E-state index in [1.165, 1.54) is 0 Å². The van der Waals surface area contributed by atoms with Crippen LogP contribution in [0.1, 0.15) is 18.2 Å². The van der Waals surface area contributed by atoms with Gasteiger partial charge in [-0.15, -0.1) is 0 Å². The highest BCUT2D eigenvalue weighted by atomic mass is 16.3. The Kier molecular flexibility index (Phi) is 4.68. The normalized spacial score (nSPS) is 13.1. The van der Waals surface area contributed by atoms with Gasteiger partial charge in [0.15, 0.2) is 0 Å². The number of nitrogens with zero attached hydrogens (tertiary/aromatic N) is 2. The Bertz CT molecular complexity index is 304. The molecule has 1 aromatic heterocycles. The van der Waals surface area contributed by atoms with Crippen molar-refractivity contribution >= 4 is 0 Å². The molecule has 4 heteroatoms. The van der Waals surface area contributed by atoms with E-state index in [1.54, 1.807) is 6.20 Å².